The summed E-state index contributed by atoms with van der Waals surface area (Å²) in [5.41, 5.74) is 9.52. The number of esters is 1. The van der Waals surface area contributed by atoms with E-state index < -0.39 is 0 Å². The lowest BCUT2D eigenvalue weighted by atomic mass is 10.0. The fraction of sp³-hybridized carbons (Fsp3) is 0.238. The first kappa shape index (κ1) is 17.7. The van der Waals surface area contributed by atoms with Gasteiger partial charge in [0, 0.05) is 23.4 Å². The summed E-state index contributed by atoms with van der Waals surface area (Å²) in [4.78, 5) is 26.7. The van der Waals surface area contributed by atoms with Crippen molar-refractivity contribution in [1.82, 2.24) is 0 Å². The smallest absolute Gasteiger partial charge is 0.310 e. The Labute approximate surface area is 153 Å². The van der Waals surface area contributed by atoms with E-state index in [1.807, 2.05) is 30.3 Å². The van der Waals surface area contributed by atoms with Crippen LogP contribution < -0.4 is 10.6 Å². The van der Waals surface area contributed by atoms with Crippen LogP contribution in [0.5, 0.6) is 0 Å². The summed E-state index contributed by atoms with van der Waals surface area (Å²) in [7, 11) is 0. The standard InChI is InChI=1S/C21H22N2O3/c1-2-26-20(24)14-16-6-5-13-23(19-8-4-3-7-18(16)19)21(25)15-9-11-17(22)12-10-15/h3-4,6-12H,2,5,13-14,22H2,1H3. The van der Waals surface area contributed by atoms with Crippen molar-refractivity contribution in [2.24, 2.45) is 0 Å². The molecule has 5 heteroatoms. The summed E-state index contributed by atoms with van der Waals surface area (Å²) in [6.45, 7) is 2.70. The Balaban J connectivity index is 1.93. The first-order valence-corrected chi connectivity index (χ1v) is 8.71. The molecular weight excluding hydrogens is 328 g/mol. The molecule has 2 aromatic rings. The number of carbonyl (C=O) groups excluding carboxylic acids is 2. The Morgan fingerprint density at radius 2 is 1.85 bits per heavy atom. The average Bonchev–Trinajstić information content (AvgIpc) is 2.82. The zero-order valence-corrected chi connectivity index (χ0v) is 14.8. The quantitative estimate of drug-likeness (QED) is 0.675. The topological polar surface area (TPSA) is 72.6 Å². The number of carbonyl (C=O) groups is 2. The van der Waals surface area contributed by atoms with Gasteiger partial charge in [0.25, 0.3) is 5.91 Å². The maximum absolute atomic E-state index is 13.0. The lowest BCUT2D eigenvalue weighted by Gasteiger charge is -2.23. The molecule has 0 radical (unpaired) electrons. The van der Waals surface area contributed by atoms with Gasteiger partial charge in [0.1, 0.15) is 0 Å². The van der Waals surface area contributed by atoms with Gasteiger partial charge in [-0.2, -0.15) is 0 Å². The summed E-state index contributed by atoms with van der Waals surface area (Å²) in [6, 6.07) is 14.6. The van der Waals surface area contributed by atoms with Crippen LogP contribution in [0.25, 0.3) is 5.57 Å². The number of fused-ring (bicyclic) bond motifs is 1. The highest BCUT2D eigenvalue weighted by Gasteiger charge is 2.24. The van der Waals surface area contributed by atoms with Crippen molar-refractivity contribution in [2.45, 2.75) is 19.8 Å². The van der Waals surface area contributed by atoms with Crippen LogP contribution in [0.4, 0.5) is 11.4 Å². The molecule has 3 rings (SSSR count). The molecule has 5 nitrogen and oxygen atoms in total. The second-order valence-corrected chi connectivity index (χ2v) is 6.10. The average molecular weight is 350 g/mol. The number of para-hydroxylation sites is 1. The molecule has 0 fully saturated rings. The monoisotopic (exact) mass is 350 g/mol. The normalized spacial score (nSPS) is 13.4. The summed E-state index contributed by atoms with van der Waals surface area (Å²) in [5, 5.41) is 0. The lowest BCUT2D eigenvalue weighted by molar-refractivity contribution is -0.141. The lowest BCUT2D eigenvalue weighted by Crippen LogP contribution is -2.31. The molecule has 134 valence electrons. The first-order valence-electron chi connectivity index (χ1n) is 8.71. The van der Waals surface area contributed by atoms with Crippen molar-refractivity contribution in [2.75, 3.05) is 23.8 Å². The highest BCUT2D eigenvalue weighted by Crippen LogP contribution is 2.33. The molecule has 0 saturated carbocycles. The van der Waals surface area contributed by atoms with E-state index in [0.29, 0.717) is 30.8 Å². The van der Waals surface area contributed by atoms with Gasteiger partial charge in [-0.25, -0.2) is 0 Å². The third-order valence-corrected chi connectivity index (χ3v) is 4.33. The van der Waals surface area contributed by atoms with Crippen LogP contribution in [0.15, 0.2) is 54.6 Å². The van der Waals surface area contributed by atoms with Gasteiger partial charge in [0.15, 0.2) is 0 Å². The van der Waals surface area contributed by atoms with Gasteiger partial charge in [-0.3, -0.25) is 9.59 Å². The van der Waals surface area contributed by atoms with Crippen molar-refractivity contribution >= 4 is 28.8 Å². The van der Waals surface area contributed by atoms with E-state index in [-0.39, 0.29) is 18.3 Å². The first-order chi connectivity index (χ1) is 12.6. The van der Waals surface area contributed by atoms with E-state index in [2.05, 4.69) is 0 Å². The van der Waals surface area contributed by atoms with Gasteiger partial charge in [-0.15, -0.1) is 0 Å². The molecule has 1 aliphatic heterocycles. The Bertz CT molecular complexity index is 841. The Morgan fingerprint density at radius 1 is 1.12 bits per heavy atom. The zero-order chi connectivity index (χ0) is 18.5. The van der Waals surface area contributed by atoms with E-state index in [1.165, 1.54) is 0 Å². The molecule has 0 aromatic heterocycles. The number of nitrogens with two attached hydrogens (primary N) is 1. The third-order valence-electron chi connectivity index (χ3n) is 4.33. The van der Waals surface area contributed by atoms with E-state index in [4.69, 9.17) is 10.5 Å². The van der Waals surface area contributed by atoms with Gasteiger partial charge in [0.2, 0.25) is 0 Å². The number of hydrogen-bond acceptors (Lipinski definition) is 4. The summed E-state index contributed by atoms with van der Waals surface area (Å²) in [6.07, 6.45) is 2.89. The van der Waals surface area contributed by atoms with E-state index >= 15 is 0 Å². The summed E-state index contributed by atoms with van der Waals surface area (Å²) >= 11 is 0. The Hall–Kier alpha value is -3.08. The minimum atomic E-state index is -0.258. The molecule has 0 atom stereocenters. The predicted octanol–water partition coefficient (Wildman–Crippen LogP) is 3.66. The number of nitrogen functional groups attached to an aromatic ring is 1. The van der Waals surface area contributed by atoms with Crippen molar-refractivity contribution in [3.63, 3.8) is 0 Å². The second kappa shape index (κ2) is 7.87. The molecule has 1 aliphatic rings. The predicted molar refractivity (Wildman–Crippen MR) is 103 cm³/mol. The van der Waals surface area contributed by atoms with Crippen LogP contribution in [0.3, 0.4) is 0 Å². The van der Waals surface area contributed by atoms with Crippen LogP contribution in [0.1, 0.15) is 35.7 Å². The van der Waals surface area contributed by atoms with Crippen molar-refractivity contribution in [3.05, 3.63) is 65.7 Å². The fourth-order valence-corrected chi connectivity index (χ4v) is 3.11. The molecule has 0 saturated heterocycles. The molecule has 0 aliphatic carbocycles. The second-order valence-electron chi connectivity index (χ2n) is 6.10. The largest absolute Gasteiger partial charge is 0.466 e. The van der Waals surface area contributed by atoms with Crippen LogP contribution in [0.2, 0.25) is 0 Å². The minimum Gasteiger partial charge on any atom is -0.466 e. The Morgan fingerprint density at radius 3 is 2.58 bits per heavy atom. The molecule has 0 bridgehead atoms. The van der Waals surface area contributed by atoms with Crippen LogP contribution in [-0.4, -0.2) is 25.0 Å². The summed E-state index contributed by atoms with van der Waals surface area (Å²) < 4.78 is 5.08. The van der Waals surface area contributed by atoms with Crippen LogP contribution >= 0.6 is 0 Å². The van der Waals surface area contributed by atoms with E-state index in [9.17, 15) is 9.59 Å². The van der Waals surface area contributed by atoms with Crippen LogP contribution in [-0.2, 0) is 9.53 Å². The molecule has 1 amide bonds. The van der Waals surface area contributed by atoms with Gasteiger partial charge in [-0.1, -0.05) is 24.3 Å². The minimum absolute atomic E-state index is 0.0803. The third kappa shape index (κ3) is 3.77. The van der Waals surface area contributed by atoms with Crippen molar-refractivity contribution in [1.29, 1.82) is 0 Å². The van der Waals surface area contributed by atoms with E-state index in [0.717, 1.165) is 16.8 Å². The molecule has 2 N–H and O–H groups in total. The van der Waals surface area contributed by atoms with Gasteiger partial charge >= 0.3 is 5.97 Å². The van der Waals surface area contributed by atoms with Crippen molar-refractivity contribution < 1.29 is 14.3 Å². The van der Waals surface area contributed by atoms with Crippen molar-refractivity contribution in [3.8, 4) is 0 Å². The molecule has 26 heavy (non-hydrogen) atoms. The number of nitrogens with zero attached hydrogens (tertiary/aromatic N) is 1. The molecule has 0 unspecified atom stereocenters. The maximum atomic E-state index is 13.0. The number of amides is 1. The highest BCUT2D eigenvalue weighted by molar-refractivity contribution is 6.08. The Kier molecular flexibility index (Phi) is 5.37. The van der Waals surface area contributed by atoms with Crippen LogP contribution in [0, 0.1) is 0 Å². The fourth-order valence-electron chi connectivity index (χ4n) is 3.11. The SMILES string of the molecule is CCOC(=O)CC1=CCCN(C(=O)c2ccc(N)cc2)c2ccccc21. The van der Waals surface area contributed by atoms with Gasteiger partial charge in [0.05, 0.1) is 18.7 Å². The number of hydrogen-bond donors (Lipinski definition) is 1. The zero-order valence-electron chi connectivity index (χ0n) is 14.8. The number of benzene rings is 2. The number of anilines is 2. The maximum Gasteiger partial charge on any atom is 0.310 e. The molecule has 1 heterocycles. The summed E-state index contributed by atoms with van der Waals surface area (Å²) in [5.74, 6) is -0.338. The van der Waals surface area contributed by atoms with Gasteiger partial charge in [-0.05, 0) is 49.2 Å². The highest BCUT2D eigenvalue weighted by atomic mass is 16.5. The molecular formula is C21H22N2O3. The molecule has 2 aromatic carbocycles. The van der Waals surface area contributed by atoms with Gasteiger partial charge < -0.3 is 15.4 Å². The van der Waals surface area contributed by atoms with E-state index in [1.54, 1.807) is 36.1 Å². The number of rotatable bonds is 4. The molecule has 0 spiro atoms. The number of ether oxygens (including phenoxy) is 1.